The van der Waals surface area contributed by atoms with Gasteiger partial charge >= 0.3 is 5.69 Å². The van der Waals surface area contributed by atoms with Crippen molar-refractivity contribution in [2.75, 3.05) is 26.0 Å². The Morgan fingerprint density at radius 1 is 1.48 bits per heavy atom. The van der Waals surface area contributed by atoms with Gasteiger partial charge in [-0.2, -0.15) is 4.98 Å². The highest BCUT2D eigenvalue weighted by atomic mass is 19.1. The first-order valence-electron chi connectivity index (χ1n) is 9.18. The minimum absolute atomic E-state index is 0.0239. The summed E-state index contributed by atoms with van der Waals surface area (Å²) in [5.41, 5.74) is 5.31. The molecular weight excluding hydrogens is 419 g/mol. The van der Waals surface area contributed by atoms with Crippen LogP contribution in [0, 0.1) is 0 Å². The van der Waals surface area contributed by atoms with Crippen LogP contribution in [0.3, 0.4) is 0 Å². The van der Waals surface area contributed by atoms with Crippen molar-refractivity contribution in [2.24, 2.45) is 5.11 Å². The molecule has 31 heavy (non-hydrogen) atoms. The number of azide groups is 1. The van der Waals surface area contributed by atoms with E-state index in [1.807, 2.05) is 0 Å². The zero-order valence-corrected chi connectivity index (χ0v) is 16.7. The Bertz CT molecular complexity index is 922. The van der Waals surface area contributed by atoms with Gasteiger partial charge in [0.2, 0.25) is 17.5 Å². The molecule has 2 heterocycles. The lowest BCUT2D eigenvalue weighted by atomic mass is 10.1. The molecule has 1 aromatic heterocycles. The van der Waals surface area contributed by atoms with Gasteiger partial charge in [0.05, 0.1) is 6.61 Å². The fourth-order valence-corrected chi connectivity index (χ4v) is 2.99. The molecule has 2 amide bonds. The third kappa shape index (κ3) is 5.08. The number of aliphatic hydroxyl groups excluding tert-OH is 2. The number of aromatic nitrogens is 2. The minimum atomic E-state index is -2.29. The first-order valence-corrected chi connectivity index (χ1v) is 9.18. The molecule has 14 nitrogen and oxygen atoms in total. The fourth-order valence-electron chi connectivity index (χ4n) is 2.99. The Kier molecular flexibility index (Phi) is 7.88. The van der Waals surface area contributed by atoms with Crippen molar-refractivity contribution in [3.05, 3.63) is 33.2 Å². The SMILES string of the molecule is CNC(=O)CC[C@H](Nc1ccn([C@@H]2O[C@@](CO)(N=[N+]=[N-])[C@@H](O)[C@@H]2F)c(=O)n1)C(=O)NC. The van der Waals surface area contributed by atoms with Crippen LogP contribution in [0.5, 0.6) is 0 Å². The van der Waals surface area contributed by atoms with Gasteiger partial charge in [-0.25, -0.2) is 9.18 Å². The number of nitrogens with one attached hydrogen (secondary N) is 3. The number of rotatable bonds is 9. The van der Waals surface area contributed by atoms with Gasteiger partial charge in [0.25, 0.3) is 0 Å². The molecule has 5 N–H and O–H groups in total. The van der Waals surface area contributed by atoms with Crippen LogP contribution in [0.1, 0.15) is 19.1 Å². The van der Waals surface area contributed by atoms with Crippen molar-refractivity contribution in [3.63, 3.8) is 0 Å². The van der Waals surface area contributed by atoms with Crippen LogP contribution in [0.4, 0.5) is 10.2 Å². The summed E-state index contributed by atoms with van der Waals surface area (Å²) in [5, 5.41) is 30.1. The lowest BCUT2D eigenvalue weighted by molar-refractivity contribution is -0.124. The average Bonchev–Trinajstić information content (AvgIpc) is 3.01. The van der Waals surface area contributed by atoms with Gasteiger partial charge in [-0.1, -0.05) is 5.11 Å². The van der Waals surface area contributed by atoms with Crippen molar-refractivity contribution in [1.82, 2.24) is 20.2 Å². The van der Waals surface area contributed by atoms with Crippen molar-refractivity contribution < 1.29 is 28.9 Å². The van der Waals surface area contributed by atoms with E-state index in [2.05, 4.69) is 31.0 Å². The number of anilines is 1. The van der Waals surface area contributed by atoms with Gasteiger partial charge in [-0.3, -0.25) is 14.2 Å². The molecule has 1 aliphatic rings. The highest BCUT2D eigenvalue weighted by molar-refractivity contribution is 5.85. The summed E-state index contributed by atoms with van der Waals surface area (Å²) in [6.45, 7) is -1.02. The molecule has 5 atom stereocenters. The molecule has 1 aromatic rings. The summed E-state index contributed by atoms with van der Waals surface area (Å²) in [5.74, 6) is -0.746. The molecule has 0 radical (unpaired) electrons. The zero-order chi connectivity index (χ0) is 23.2. The molecule has 0 unspecified atom stereocenters. The number of likely N-dealkylation sites (N-methyl/N-ethyl adjacent to an activating group) is 1. The number of amides is 2. The Labute approximate surface area is 175 Å². The van der Waals surface area contributed by atoms with Crippen LogP contribution in [-0.2, 0) is 14.3 Å². The maximum atomic E-state index is 14.6. The van der Waals surface area contributed by atoms with E-state index in [-0.39, 0.29) is 24.6 Å². The molecule has 0 aliphatic carbocycles. The Morgan fingerprint density at radius 3 is 2.74 bits per heavy atom. The summed E-state index contributed by atoms with van der Waals surface area (Å²) in [7, 11) is 2.86. The second kappa shape index (κ2) is 10.2. The predicted molar refractivity (Wildman–Crippen MR) is 103 cm³/mol. The highest BCUT2D eigenvalue weighted by Crippen LogP contribution is 2.39. The van der Waals surface area contributed by atoms with Crippen LogP contribution in [-0.4, -0.2) is 76.3 Å². The summed E-state index contributed by atoms with van der Waals surface area (Å²) in [6, 6.07) is 0.377. The van der Waals surface area contributed by atoms with E-state index < -0.39 is 48.5 Å². The zero-order valence-electron chi connectivity index (χ0n) is 16.7. The number of carbonyl (C=O) groups excluding carboxylic acids is 2. The van der Waals surface area contributed by atoms with Gasteiger partial charge in [-0.05, 0) is 18.0 Å². The average molecular weight is 442 g/mol. The van der Waals surface area contributed by atoms with Crippen LogP contribution < -0.4 is 21.6 Å². The number of aliphatic hydroxyl groups is 2. The van der Waals surface area contributed by atoms with Gasteiger partial charge in [-0.15, -0.1) is 0 Å². The predicted octanol–water partition coefficient (Wildman–Crippen LogP) is -1.48. The molecule has 1 fully saturated rings. The minimum Gasteiger partial charge on any atom is -0.393 e. The van der Waals surface area contributed by atoms with E-state index in [9.17, 15) is 29.0 Å². The van der Waals surface area contributed by atoms with Gasteiger partial charge in [0, 0.05) is 31.6 Å². The smallest absolute Gasteiger partial charge is 0.351 e. The van der Waals surface area contributed by atoms with Crippen LogP contribution >= 0.6 is 0 Å². The Hall–Kier alpha value is -3.26. The van der Waals surface area contributed by atoms with E-state index in [1.54, 1.807) is 0 Å². The van der Waals surface area contributed by atoms with E-state index >= 15 is 0 Å². The summed E-state index contributed by atoms with van der Waals surface area (Å²) in [4.78, 5) is 42.1. The molecular formula is C16H23FN8O6. The maximum Gasteiger partial charge on any atom is 0.351 e. The Morgan fingerprint density at radius 2 is 2.19 bits per heavy atom. The number of ether oxygens (including phenoxy) is 1. The van der Waals surface area contributed by atoms with Crippen molar-refractivity contribution in [2.45, 2.75) is 43.1 Å². The molecule has 15 heteroatoms. The second-order valence-corrected chi connectivity index (χ2v) is 6.62. The number of halogens is 1. The first-order chi connectivity index (χ1) is 14.7. The monoisotopic (exact) mass is 442 g/mol. The molecule has 0 spiro atoms. The lowest BCUT2D eigenvalue weighted by Crippen LogP contribution is -2.43. The maximum absolute atomic E-state index is 14.6. The Balaban J connectivity index is 2.24. The highest BCUT2D eigenvalue weighted by Gasteiger charge is 2.56. The topological polar surface area (TPSA) is 204 Å². The van der Waals surface area contributed by atoms with E-state index in [4.69, 9.17) is 10.3 Å². The van der Waals surface area contributed by atoms with Crippen LogP contribution in [0.25, 0.3) is 10.4 Å². The standard InChI is InChI=1S/C16H23FN8O6/c1-19-10(27)4-3-8(13(29)20-2)21-9-5-6-25(15(30)22-9)14-11(17)12(28)16(7-26,31-14)23-24-18/h5-6,8,11-12,14,26,28H,3-4,7H2,1-2H3,(H,19,27)(H,20,29)(H,21,22,30)/t8-,11-,12-,14+,16+/m0/s1. The molecule has 0 saturated carbocycles. The van der Waals surface area contributed by atoms with Crippen molar-refractivity contribution in [3.8, 4) is 0 Å². The molecule has 0 bridgehead atoms. The van der Waals surface area contributed by atoms with Gasteiger partial charge < -0.3 is 30.9 Å². The summed E-state index contributed by atoms with van der Waals surface area (Å²) < 4.78 is 20.5. The van der Waals surface area contributed by atoms with E-state index in [1.165, 1.54) is 20.2 Å². The van der Waals surface area contributed by atoms with Crippen molar-refractivity contribution >= 4 is 17.6 Å². The van der Waals surface area contributed by atoms with E-state index in [0.29, 0.717) is 4.57 Å². The lowest BCUT2D eigenvalue weighted by Gasteiger charge is -2.23. The third-order valence-electron chi connectivity index (χ3n) is 4.73. The molecule has 2 rings (SSSR count). The number of hydrogen-bond acceptors (Lipinski definition) is 9. The van der Waals surface area contributed by atoms with Crippen LogP contribution in [0.15, 0.2) is 22.2 Å². The van der Waals surface area contributed by atoms with Crippen LogP contribution in [0.2, 0.25) is 0 Å². The number of nitrogens with zero attached hydrogens (tertiary/aromatic N) is 5. The first kappa shape index (κ1) is 24.0. The number of hydrogen-bond donors (Lipinski definition) is 5. The normalized spacial score (nSPS) is 25.9. The summed E-state index contributed by atoms with van der Waals surface area (Å²) >= 11 is 0. The summed E-state index contributed by atoms with van der Waals surface area (Å²) in [6.07, 6.45) is -4.69. The third-order valence-corrected chi connectivity index (χ3v) is 4.73. The molecule has 0 aromatic carbocycles. The van der Waals surface area contributed by atoms with Gasteiger partial charge in [0.1, 0.15) is 18.0 Å². The van der Waals surface area contributed by atoms with Gasteiger partial charge in [0.15, 0.2) is 12.4 Å². The molecule has 1 saturated heterocycles. The van der Waals surface area contributed by atoms with Crippen molar-refractivity contribution in [1.29, 1.82) is 0 Å². The quantitative estimate of drug-likeness (QED) is 0.173. The number of carbonyl (C=O) groups is 2. The largest absolute Gasteiger partial charge is 0.393 e. The van der Waals surface area contributed by atoms with E-state index in [0.717, 1.165) is 6.20 Å². The fraction of sp³-hybridized carbons (Fsp3) is 0.625. The second-order valence-electron chi connectivity index (χ2n) is 6.62. The molecule has 170 valence electrons. The molecule has 1 aliphatic heterocycles. The number of alkyl halides is 1.